The molecule has 0 aliphatic carbocycles. The largest absolute Gasteiger partial charge is 0.312 e. The Morgan fingerprint density at radius 1 is 1.24 bits per heavy atom. The van der Waals surface area contributed by atoms with E-state index in [4.69, 9.17) is 0 Å². The van der Waals surface area contributed by atoms with E-state index in [1.807, 2.05) is 0 Å². The first-order valence-electron chi connectivity index (χ1n) is 7.34. The molecule has 17 heavy (non-hydrogen) atoms. The number of nitrogens with one attached hydrogen (secondary N) is 1. The highest BCUT2D eigenvalue weighted by Gasteiger charge is 2.17. The standard InChI is InChI=1S/C15H32N2/c1-13-7-6-9-17(10-8-13)12-14(2)11-16-15(3,4)5/h13-14,16H,6-12H2,1-5H3. The van der Waals surface area contributed by atoms with Crippen LogP contribution in [0.15, 0.2) is 0 Å². The lowest BCUT2D eigenvalue weighted by Gasteiger charge is -2.27. The molecule has 0 aromatic carbocycles. The van der Waals surface area contributed by atoms with Crippen LogP contribution in [0.2, 0.25) is 0 Å². The van der Waals surface area contributed by atoms with Crippen LogP contribution < -0.4 is 5.32 Å². The Labute approximate surface area is 108 Å². The molecule has 1 rings (SSSR count). The van der Waals surface area contributed by atoms with Crippen molar-refractivity contribution in [2.75, 3.05) is 26.2 Å². The highest BCUT2D eigenvalue weighted by molar-refractivity contribution is 4.74. The molecule has 2 nitrogen and oxygen atoms in total. The SMILES string of the molecule is CC1CCCN(CC(C)CNC(C)(C)C)CC1. The quantitative estimate of drug-likeness (QED) is 0.812. The molecule has 0 spiro atoms. The molecule has 2 heteroatoms. The summed E-state index contributed by atoms with van der Waals surface area (Å²) in [5.74, 6) is 1.69. The van der Waals surface area contributed by atoms with Gasteiger partial charge in [-0.2, -0.15) is 0 Å². The van der Waals surface area contributed by atoms with Gasteiger partial charge in [-0.25, -0.2) is 0 Å². The van der Waals surface area contributed by atoms with Crippen molar-refractivity contribution in [1.29, 1.82) is 0 Å². The fourth-order valence-corrected chi connectivity index (χ4v) is 2.49. The summed E-state index contributed by atoms with van der Waals surface area (Å²) in [7, 11) is 0. The van der Waals surface area contributed by atoms with Gasteiger partial charge in [0.15, 0.2) is 0 Å². The third-order valence-electron chi connectivity index (χ3n) is 3.66. The van der Waals surface area contributed by atoms with Gasteiger partial charge in [0.25, 0.3) is 0 Å². The first-order valence-corrected chi connectivity index (χ1v) is 7.34. The Hall–Kier alpha value is -0.0800. The summed E-state index contributed by atoms with van der Waals surface area (Å²) in [6, 6.07) is 0. The number of hydrogen-bond acceptors (Lipinski definition) is 2. The molecule has 0 aromatic heterocycles. The lowest BCUT2D eigenvalue weighted by Crippen LogP contribution is -2.41. The average molecular weight is 240 g/mol. The van der Waals surface area contributed by atoms with Crippen molar-refractivity contribution in [3.05, 3.63) is 0 Å². The van der Waals surface area contributed by atoms with Gasteiger partial charge in [0.2, 0.25) is 0 Å². The molecule has 0 amide bonds. The summed E-state index contributed by atoms with van der Waals surface area (Å²) in [5, 5.41) is 3.61. The number of rotatable bonds is 4. The summed E-state index contributed by atoms with van der Waals surface area (Å²) in [6.07, 6.45) is 4.20. The molecule has 0 aromatic rings. The van der Waals surface area contributed by atoms with Crippen LogP contribution in [0, 0.1) is 11.8 Å². The smallest absolute Gasteiger partial charge is 0.00966 e. The normalized spacial score (nSPS) is 25.6. The molecule has 1 N–H and O–H groups in total. The van der Waals surface area contributed by atoms with E-state index in [2.05, 4.69) is 44.8 Å². The Morgan fingerprint density at radius 3 is 2.59 bits per heavy atom. The second kappa shape index (κ2) is 6.75. The van der Waals surface area contributed by atoms with E-state index >= 15 is 0 Å². The third-order valence-corrected chi connectivity index (χ3v) is 3.66. The summed E-state index contributed by atoms with van der Waals surface area (Å²) >= 11 is 0. The molecule has 0 bridgehead atoms. The van der Waals surface area contributed by atoms with E-state index < -0.39 is 0 Å². The molecule has 1 fully saturated rings. The second-order valence-corrected chi connectivity index (χ2v) is 7.07. The minimum absolute atomic E-state index is 0.252. The van der Waals surface area contributed by atoms with Crippen molar-refractivity contribution >= 4 is 0 Å². The third kappa shape index (κ3) is 7.05. The molecule has 0 saturated carbocycles. The lowest BCUT2D eigenvalue weighted by atomic mass is 10.0. The molecule has 1 aliphatic heterocycles. The average Bonchev–Trinajstić information content (AvgIpc) is 2.40. The fourth-order valence-electron chi connectivity index (χ4n) is 2.49. The minimum atomic E-state index is 0.252. The number of nitrogens with zero attached hydrogens (tertiary/aromatic N) is 1. The predicted octanol–water partition coefficient (Wildman–Crippen LogP) is 3.13. The van der Waals surface area contributed by atoms with Gasteiger partial charge >= 0.3 is 0 Å². The van der Waals surface area contributed by atoms with E-state index in [9.17, 15) is 0 Å². The molecule has 102 valence electrons. The van der Waals surface area contributed by atoms with Crippen LogP contribution >= 0.6 is 0 Å². The topological polar surface area (TPSA) is 15.3 Å². The maximum Gasteiger partial charge on any atom is 0.00966 e. The van der Waals surface area contributed by atoms with Crippen molar-refractivity contribution in [1.82, 2.24) is 10.2 Å². The van der Waals surface area contributed by atoms with Gasteiger partial charge in [-0.05, 0) is 71.5 Å². The van der Waals surface area contributed by atoms with Crippen molar-refractivity contribution in [2.24, 2.45) is 11.8 Å². The van der Waals surface area contributed by atoms with E-state index in [1.165, 1.54) is 38.9 Å². The van der Waals surface area contributed by atoms with E-state index in [1.54, 1.807) is 0 Å². The number of likely N-dealkylation sites (tertiary alicyclic amines) is 1. The Morgan fingerprint density at radius 2 is 1.94 bits per heavy atom. The monoisotopic (exact) mass is 240 g/mol. The molecular weight excluding hydrogens is 208 g/mol. The molecule has 2 atom stereocenters. The summed E-state index contributed by atoms with van der Waals surface area (Å²) in [4.78, 5) is 2.67. The van der Waals surface area contributed by atoms with Gasteiger partial charge < -0.3 is 10.2 Å². The van der Waals surface area contributed by atoms with Crippen LogP contribution in [0.3, 0.4) is 0 Å². The Kier molecular flexibility index (Phi) is 5.94. The lowest BCUT2D eigenvalue weighted by molar-refractivity contribution is 0.233. The van der Waals surface area contributed by atoms with Crippen molar-refractivity contribution in [3.63, 3.8) is 0 Å². The van der Waals surface area contributed by atoms with Crippen LogP contribution in [0.1, 0.15) is 53.9 Å². The van der Waals surface area contributed by atoms with Crippen LogP contribution in [0.4, 0.5) is 0 Å². The van der Waals surface area contributed by atoms with Gasteiger partial charge in [-0.3, -0.25) is 0 Å². The summed E-state index contributed by atoms with van der Waals surface area (Å²) in [5.41, 5.74) is 0.252. The maximum atomic E-state index is 3.61. The summed E-state index contributed by atoms with van der Waals surface area (Å²) < 4.78 is 0. The van der Waals surface area contributed by atoms with Crippen LogP contribution in [0.5, 0.6) is 0 Å². The van der Waals surface area contributed by atoms with Crippen LogP contribution in [-0.4, -0.2) is 36.6 Å². The Balaban J connectivity index is 2.23. The molecular formula is C15H32N2. The molecule has 0 radical (unpaired) electrons. The van der Waals surface area contributed by atoms with Crippen LogP contribution in [0.25, 0.3) is 0 Å². The van der Waals surface area contributed by atoms with E-state index in [0.717, 1.165) is 18.4 Å². The van der Waals surface area contributed by atoms with Gasteiger partial charge in [-0.1, -0.05) is 13.8 Å². The molecule has 1 heterocycles. The van der Waals surface area contributed by atoms with E-state index in [0.29, 0.717) is 0 Å². The zero-order valence-corrected chi connectivity index (χ0v) is 12.6. The first kappa shape index (κ1) is 15.0. The first-order chi connectivity index (χ1) is 7.87. The second-order valence-electron chi connectivity index (χ2n) is 7.07. The zero-order valence-electron chi connectivity index (χ0n) is 12.6. The van der Waals surface area contributed by atoms with Gasteiger partial charge in [0, 0.05) is 12.1 Å². The van der Waals surface area contributed by atoms with Crippen molar-refractivity contribution < 1.29 is 0 Å². The van der Waals surface area contributed by atoms with Gasteiger partial charge in [0.05, 0.1) is 0 Å². The summed E-state index contributed by atoms with van der Waals surface area (Å²) in [6.45, 7) is 16.5. The Bertz CT molecular complexity index is 207. The maximum absolute atomic E-state index is 3.61. The van der Waals surface area contributed by atoms with Gasteiger partial charge in [0.1, 0.15) is 0 Å². The minimum Gasteiger partial charge on any atom is -0.312 e. The van der Waals surface area contributed by atoms with Crippen LogP contribution in [-0.2, 0) is 0 Å². The fraction of sp³-hybridized carbons (Fsp3) is 1.00. The molecule has 2 unspecified atom stereocenters. The van der Waals surface area contributed by atoms with Gasteiger partial charge in [-0.15, -0.1) is 0 Å². The van der Waals surface area contributed by atoms with E-state index in [-0.39, 0.29) is 5.54 Å². The highest BCUT2D eigenvalue weighted by atomic mass is 15.1. The predicted molar refractivity (Wildman–Crippen MR) is 76.4 cm³/mol. The van der Waals surface area contributed by atoms with Crippen molar-refractivity contribution in [3.8, 4) is 0 Å². The zero-order chi connectivity index (χ0) is 12.9. The molecule has 1 saturated heterocycles. The number of hydrogen-bond donors (Lipinski definition) is 1. The molecule has 1 aliphatic rings. The van der Waals surface area contributed by atoms with Crippen molar-refractivity contribution in [2.45, 2.75) is 59.4 Å². The highest BCUT2D eigenvalue weighted by Crippen LogP contribution is 2.17.